The third-order valence-corrected chi connectivity index (χ3v) is 6.15. The van der Waals surface area contributed by atoms with Gasteiger partial charge in [0.1, 0.15) is 12.4 Å². The second-order valence-electron chi connectivity index (χ2n) is 8.07. The predicted octanol–water partition coefficient (Wildman–Crippen LogP) is 2.35. The van der Waals surface area contributed by atoms with Crippen molar-refractivity contribution in [2.24, 2.45) is 5.10 Å². The first kappa shape index (κ1) is 18.8. The number of benzene rings is 1. The summed E-state index contributed by atoms with van der Waals surface area (Å²) in [5, 5.41) is 7.37. The Balaban J connectivity index is 1.52. The van der Waals surface area contributed by atoms with Gasteiger partial charge in [-0.3, -0.25) is 15.0 Å². The standard InChI is InChI=1S/C21H29N5O2/c1-4-18-23-24-20-21(28)25(16-7-5-6-8-17(16)26(18)20)12-19(27)22-15-10-9-13(2)11-14(15)3/h9-11,16-17,20,24H,4-8,12H2,1-3H3,(H,22,27). The summed E-state index contributed by atoms with van der Waals surface area (Å²) < 4.78 is 0. The number of piperazine rings is 1. The van der Waals surface area contributed by atoms with E-state index in [4.69, 9.17) is 0 Å². The van der Waals surface area contributed by atoms with Crippen molar-refractivity contribution in [3.63, 3.8) is 0 Å². The summed E-state index contributed by atoms with van der Waals surface area (Å²) in [6, 6.07) is 6.25. The maximum absolute atomic E-state index is 13.2. The summed E-state index contributed by atoms with van der Waals surface area (Å²) in [6.07, 6.45) is 4.54. The van der Waals surface area contributed by atoms with E-state index in [2.05, 4.69) is 27.7 Å². The Hall–Kier alpha value is -2.57. The van der Waals surface area contributed by atoms with Gasteiger partial charge in [0, 0.05) is 12.1 Å². The number of carbonyl (C=O) groups is 2. The van der Waals surface area contributed by atoms with Gasteiger partial charge >= 0.3 is 0 Å². The number of rotatable bonds is 4. The summed E-state index contributed by atoms with van der Waals surface area (Å²) in [4.78, 5) is 29.9. The van der Waals surface area contributed by atoms with E-state index in [9.17, 15) is 9.59 Å². The molecule has 3 aliphatic rings. The van der Waals surface area contributed by atoms with Gasteiger partial charge in [-0.2, -0.15) is 5.10 Å². The molecule has 7 nitrogen and oxygen atoms in total. The van der Waals surface area contributed by atoms with E-state index in [1.807, 2.05) is 32.0 Å². The highest BCUT2D eigenvalue weighted by atomic mass is 16.2. The first-order valence-electron chi connectivity index (χ1n) is 10.3. The number of nitrogens with zero attached hydrogens (tertiary/aromatic N) is 3. The molecule has 3 unspecified atom stereocenters. The molecule has 1 aromatic rings. The second kappa shape index (κ2) is 7.45. The van der Waals surface area contributed by atoms with E-state index in [1.165, 1.54) is 0 Å². The Morgan fingerprint density at radius 1 is 1.25 bits per heavy atom. The van der Waals surface area contributed by atoms with Crippen LogP contribution in [0, 0.1) is 13.8 Å². The lowest BCUT2D eigenvalue weighted by molar-refractivity contribution is -0.151. The summed E-state index contributed by atoms with van der Waals surface area (Å²) in [7, 11) is 0. The average Bonchev–Trinajstić information content (AvgIpc) is 3.12. The van der Waals surface area contributed by atoms with Crippen molar-refractivity contribution in [1.29, 1.82) is 0 Å². The molecule has 2 N–H and O–H groups in total. The largest absolute Gasteiger partial charge is 0.325 e. The van der Waals surface area contributed by atoms with Gasteiger partial charge < -0.3 is 15.1 Å². The predicted molar refractivity (Wildman–Crippen MR) is 109 cm³/mol. The number of nitrogens with one attached hydrogen (secondary N) is 2. The molecule has 0 aromatic heterocycles. The fourth-order valence-electron chi connectivity index (χ4n) is 4.82. The van der Waals surface area contributed by atoms with E-state index >= 15 is 0 Å². The topological polar surface area (TPSA) is 77.0 Å². The van der Waals surface area contributed by atoms with Gasteiger partial charge in [-0.1, -0.05) is 37.5 Å². The molecule has 1 aromatic carbocycles. The first-order chi connectivity index (χ1) is 13.5. The Labute approximate surface area is 166 Å². The van der Waals surface area contributed by atoms with E-state index in [0.29, 0.717) is 0 Å². The van der Waals surface area contributed by atoms with Crippen LogP contribution in [0.2, 0.25) is 0 Å². The molecule has 1 aliphatic carbocycles. The molecule has 2 heterocycles. The van der Waals surface area contributed by atoms with Crippen LogP contribution in [-0.2, 0) is 9.59 Å². The van der Waals surface area contributed by atoms with E-state index < -0.39 is 6.17 Å². The van der Waals surface area contributed by atoms with E-state index in [0.717, 1.165) is 54.8 Å². The molecule has 2 aliphatic heterocycles. The maximum Gasteiger partial charge on any atom is 0.268 e. The van der Waals surface area contributed by atoms with E-state index in [-0.39, 0.29) is 30.4 Å². The van der Waals surface area contributed by atoms with Crippen LogP contribution < -0.4 is 10.7 Å². The zero-order valence-corrected chi connectivity index (χ0v) is 16.9. The van der Waals surface area contributed by atoms with Gasteiger partial charge in [-0.25, -0.2) is 0 Å². The van der Waals surface area contributed by atoms with Crippen LogP contribution in [0.5, 0.6) is 0 Å². The summed E-state index contributed by atoms with van der Waals surface area (Å²) in [5.74, 6) is 0.758. The van der Waals surface area contributed by atoms with Crippen molar-refractivity contribution >= 4 is 23.3 Å². The highest BCUT2D eigenvalue weighted by Crippen LogP contribution is 2.35. The number of fused-ring (bicyclic) bond motifs is 3. The third-order valence-electron chi connectivity index (χ3n) is 6.15. The number of hydrogen-bond donors (Lipinski definition) is 2. The smallest absolute Gasteiger partial charge is 0.268 e. The number of hydrogen-bond acceptors (Lipinski definition) is 5. The number of anilines is 1. The van der Waals surface area contributed by atoms with Gasteiger partial charge in [0.15, 0.2) is 6.17 Å². The lowest BCUT2D eigenvalue weighted by Gasteiger charge is -2.51. The molecular formula is C21H29N5O2. The molecule has 1 saturated heterocycles. The van der Waals surface area contributed by atoms with Crippen molar-refractivity contribution in [1.82, 2.24) is 15.2 Å². The van der Waals surface area contributed by atoms with Gasteiger partial charge in [-0.05, 0) is 38.3 Å². The molecule has 3 atom stereocenters. The Morgan fingerprint density at radius 2 is 2.00 bits per heavy atom. The molecule has 2 fully saturated rings. The number of amidine groups is 1. The average molecular weight is 383 g/mol. The van der Waals surface area contributed by atoms with Crippen LogP contribution >= 0.6 is 0 Å². The number of carbonyl (C=O) groups excluding carboxylic acids is 2. The molecule has 1 saturated carbocycles. The lowest BCUT2D eigenvalue weighted by atomic mass is 9.85. The van der Waals surface area contributed by atoms with Gasteiger partial charge in [0.25, 0.3) is 5.91 Å². The molecule has 28 heavy (non-hydrogen) atoms. The van der Waals surface area contributed by atoms with Crippen molar-refractivity contribution in [2.45, 2.75) is 71.1 Å². The monoisotopic (exact) mass is 383 g/mol. The third kappa shape index (κ3) is 3.23. The van der Waals surface area contributed by atoms with E-state index in [1.54, 1.807) is 4.90 Å². The normalized spacial score (nSPS) is 26.3. The summed E-state index contributed by atoms with van der Waals surface area (Å²) in [5.41, 5.74) is 5.99. The molecule has 7 heteroatoms. The summed E-state index contributed by atoms with van der Waals surface area (Å²) >= 11 is 0. The van der Waals surface area contributed by atoms with Gasteiger partial charge in [0.05, 0.1) is 12.1 Å². The van der Waals surface area contributed by atoms with Crippen molar-refractivity contribution in [3.05, 3.63) is 29.3 Å². The number of hydrazone groups is 1. The van der Waals surface area contributed by atoms with Crippen LogP contribution in [0.25, 0.3) is 0 Å². The maximum atomic E-state index is 13.2. The Kier molecular flexibility index (Phi) is 5.00. The van der Waals surface area contributed by atoms with Crippen molar-refractivity contribution in [2.75, 3.05) is 11.9 Å². The van der Waals surface area contributed by atoms with Crippen LogP contribution in [0.3, 0.4) is 0 Å². The quantitative estimate of drug-likeness (QED) is 0.837. The second-order valence-corrected chi connectivity index (χ2v) is 8.07. The van der Waals surface area contributed by atoms with Crippen molar-refractivity contribution in [3.8, 4) is 0 Å². The molecule has 0 bridgehead atoms. The Bertz CT molecular complexity index is 821. The minimum Gasteiger partial charge on any atom is -0.325 e. The Morgan fingerprint density at radius 3 is 2.71 bits per heavy atom. The molecule has 0 radical (unpaired) electrons. The minimum absolute atomic E-state index is 0.0499. The molecule has 150 valence electrons. The van der Waals surface area contributed by atoms with Crippen LogP contribution in [0.1, 0.15) is 50.2 Å². The molecule has 2 amide bonds. The van der Waals surface area contributed by atoms with Crippen LogP contribution in [-0.4, -0.2) is 52.2 Å². The summed E-state index contributed by atoms with van der Waals surface area (Å²) in [6.45, 7) is 6.16. The molecule has 4 rings (SSSR count). The SMILES string of the molecule is CCC1=NNC2C(=O)N(CC(=O)Nc3ccc(C)cc3C)C3CCCCC3N12. The fraction of sp³-hybridized carbons (Fsp3) is 0.571. The zero-order chi connectivity index (χ0) is 19.8. The highest BCUT2D eigenvalue weighted by Gasteiger charge is 2.50. The lowest BCUT2D eigenvalue weighted by Crippen LogP contribution is -2.69. The first-order valence-corrected chi connectivity index (χ1v) is 10.3. The zero-order valence-electron chi connectivity index (χ0n) is 16.9. The number of aryl methyl sites for hydroxylation is 2. The highest BCUT2D eigenvalue weighted by molar-refractivity contribution is 5.98. The van der Waals surface area contributed by atoms with Crippen LogP contribution in [0.4, 0.5) is 5.69 Å². The van der Waals surface area contributed by atoms with Gasteiger partial charge in [-0.15, -0.1) is 0 Å². The molecule has 0 spiro atoms. The van der Waals surface area contributed by atoms with Gasteiger partial charge in [0.2, 0.25) is 5.91 Å². The fourth-order valence-corrected chi connectivity index (χ4v) is 4.82. The van der Waals surface area contributed by atoms with Crippen LogP contribution in [0.15, 0.2) is 23.3 Å². The minimum atomic E-state index is -0.469. The number of amides is 2. The molecular weight excluding hydrogens is 354 g/mol. The van der Waals surface area contributed by atoms with Crippen molar-refractivity contribution < 1.29 is 9.59 Å².